The molecule has 0 aromatic heterocycles. The van der Waals surface area contributed by atoms with Crippen LogP contribution in [0.3, 0.4) is 0 Å². The van der Waals surface area contributed by atoms with Crippen LogP contribution in [0.1, 0.15) is 44.6 Å². The Kier molecular flexibility index (Phi) is 3.90. The number of benzene rings is 1. The minimum absolute atomic E-state index is 0.243. The number of nitrogens with zero attached hydrogens (tertiary/aromatic N) is 1. The molecule has 1 saturated carbocycles. The van der Waals surface area contributed by atoms with Gasteiger partial charge in [0.25, 0.3) is 5.91 Å². The molecule has 0 bridgehead atoms. The molecule has 106 valence electrons. The highest BCUT2D eigenvalue weighted by atomic mass is 16.2. The number of hydrogen-bond acceptors (Lipinski definition) is 1. The van der Waals surface area contributed by atoms with Crippen molar-refractivity contribution in [2.24, 2.45) is 5.92 Å². The molecule has 1 amide bonds. The molecule has 1 aromatic carbocycles. The highest BCUT2D eigenvalue weighted by molar-refractivity contribution is 6.01. The second-order valence-electron chi connectivity index (χ2n) is 6.11. The second kappa shape index (κ2) is 5.82. The topological polar surface area (TPSA) is 20.3 Å². The summed E-state index contributed by atoms with van der Waals surface area (Å²) in [4.78, 5) is 14.3. The highest BCUT2D eigenvalue weighted by Gasteiger charge is 2.38. The number of β-lactam (4-membered cyclic amide) rings is 1. The van der Waals surface area contributed by atoms with Crippen molar-refractivity contribution in [3.8, 4) is 0 Å². The van der Waals surface area contributed by atoms with E-state index >= 15 is 0 Å². The lowest BCUT2D eigenvalue weighted by Gasteiger charge is -2.41. The van der Waals surface area contributed by atoms with E-state index in [1.807, 2.05) is 23.1 Å². The average Bonchev–Trinajstić information content (AvgIpc) is 2.52. The first-order valence-electron chi connectivity index (χ1n) is 7.82. The lowest BCUT2D eigenvalue weighted by atomic mass is 9.84. The molecule has 0 N–H and O–H groups in total. The summed E-state index contributed by atoms with van der Waals surface area (Å²) in [5.74, 6) is 0.885. The van der Waals surface area contributed by atoms with Gasteiger partial charge in [0.15, 0.2) is 0 Å². The molecular formula is C18H23NO. The van der Waals surface area contributed by atoms with E-state index in [0.29, 0.717) is 5.92 Å². The van der Waals surface area contributed by atoms with Crippen molar-refractivity contribution in [3.63, 3.8) is 0 Å². The zero-order chi connectivity index (χ0) is 13.9. The van der Waals surface area contributed by atoms with Gasteiger partial charge in [-0.2, -0.15) is 0 Å². The predicted molar refractivity (Wildman–Crippen MR) is 81.1 cm³/mol. The van der Waals surface area contributed by atoms with E-state index in [9.17, 15) is 4.79 Å². The molecule has 2 aliphatic rings. The molecule has 1 aromatic rings. The highest BCUT2D eigenvalue weighted by Crippen LogP contribution is 2.32. The van der Waals surface area contributed by atoms with Gasteiger partial charge < -0.3 is 4.90 Å². The fraction of sp³-hybridized carbons (Fsp3) is 0.500. The first kappa shape index (κ1) is 13.4. The van der Waals surface area contributed by atoms with E-state index in [-0.39, 0.29) is 11.9 Å². The van der Waals surface area contributed by atoms with Crippen LogP contribution in [0, 0.1) is 5.92 Å². The molecule has 0 radical (unpaired) electrons. The van der Waals surface area contributed by atoms with Crippen molar-refractivity contribution in [2.75, 3.05) is 0 Å². The molecule has 1 saturated heterocycles. The first-order valence-corrected chi connectivity index (χ1v) is 7.82. The summed E-state index contributed by atoms with van der Waals surface area (Å²) < 4.78 is 0. The average molecular weight is 269 g/mol. The van der Waals surface area contributed by atoms with Crippen LogP contribution in [0.5, 0.6) is 0 Å². The zero-order valence-corrected chi connectivity index (χ0v) is 12.2. The first-order chi connectivity index (χ1) is 9.75. The fourth-order valence-corrected chi connectivity index (χ4v) is 3.38. The number of carbonyl (C=O) groups is 1. The smallest absolute Gasteiger partial charge is 0.252 e. The number of allylic oxidation sites excluding steroid dienone is 1. The molecule has 20 heavy (non-hydrogen) atoms. The Hall–Kier alpha value is -1.57. The lowest BCUT2D eigenvalue weighted by Crippen LogP contribution is -2.53. The maximum absolute atomic E-state index is 12.3. The van der Waals surface area contributed by atoms with Crippen LogP contribution < -0.4 is 0 Å². The third-order valence-corrected chi connectivity index (χ3v) is 4.69. The van der Waals surface area contributed by atoms with Crippen LogP contribution in [0.2, 0.25) is 0 Å². The molecule has 1 atom stereocenters. The number of carbonyl (C=O) groups excluding carboxylic acids is 1. The Labute approximate surface area is 121 Å². The number of likely N-dealkylation sites (tertiary alicyclic amines) is 1. The number of rotatable bonds is 3. The van der Waals surface area contributed by atoms with Crippen molar-refractivity contribution >= 4 is 5.91 Å². The van der Waals surface area contributed by atoms with Crippen molar-refractivity contribution < 1.29 is 4.79 Å². The lowest BCUT2D eigenvalue weighted by molar-refractivity contribution is -0.137. The van der Waals surface area contributed by atoms with Gasteiger partial charge >= 0.3 is 0 Å². The summed E-state index contributed by atoms with van der Waals surface area (Å²) in [6.07, 6.45) is 8.82. The molecule has 2 fully saturated rings. The summed E-state index contributed by atoms with van der Waals surface area (Å²) in [6, 6.07) is 10.5. The molecule has 2 heteroatoms. The Bertz CT molecular complexity index is 499. The Morgan fingerprint density at radius 2 is 1.85 bits per heavy atom. The van der Waals surface area contributed by atoms with E-state index in [1.165, 1.54) is 37.7 Å². The van der Waals surface area contributed by atoms with Crippen LogP contribution in [0.4, 0.5) is 0 Å². The zero-order valence-electron chi connectivity index (χ0n) is 12.2. The van der Waals surface area contributed by atoms with Crippen molar-refractivity contribution in [3.05, 3.63) is 47.5 Å². The Morgan fingerprint density at radius 3 is 2.50 bits per heavy atom. The van der Waals surface area contributed by atoms with Crippen LogP contribution in [0.25, 0.3) is 0 Å². The second-order valence-corrected chi connectivity index (χ2v) is 6.11. The third-order valence-electron chi connectivity index (χ3n) is 4.69. The quantitative estimate of drug-likeness (QED) is 0.601. The number of hydrogen-bond donors (Lipinski definition) is 0. The standard InChI is InChI=1S/C18H23NO/c1-14-17(12-15-8-4-2-5-9-15)18(20)19(14)13-16-10-6-3-7-11-16/h3,6-7,10-12,14-15H,2,4-5,8-9,13H2,1H3/b17-12+/t14-/m0/s1. The van der Waals surface area contributed by atoms with Gasteiger partial charge in [0, 0.05) is 12.1 Å². The van der Waals surface area contributed by atoms with Crippen molar-refractivity contribution in [1.82, 2.24) is 4.90 Å². The monoisotopic (exact) mass is 269 g/mol. The largest absolute Gasteiger partial charge is 0.328 e. The maximum Gasteiger partial charge on any atom is 0.252 e. The molecule has 1 heterocycles. The van der Waals surface area contributed by atoms with Gasteiger partial charge in [-0.1, -0.05) is 55.7 Å². The SMILES string of the molecule is C[C@H]1/C(=C\C2CCCCC2)C(=O)N1Cc1ccccc1. The summed E-state index contributed by atoms with van der Waals surface area (Å²) in [5, 5.41) is 0. The van der Waals surface area contributed by atoms with Crippen molar-refractivity contribution in [2.45, 2.75) is 51.6 Å². The molecule has 1 aliphatic carbocycles. The maximum atomic E-state index is 12.3. The van der Waals surface area contributed by atoms with E-state index in [0.717, 1.165) is 12.1 Å². The van der Waals surface area contributed by atoms with Gasteiger partial charge in [-0.25, -0.2) is 0 Å². The van der Waals surface area contributed by atoms with Gasteiger partial charge in [-0.3, -0.25) is 4.79 Å². The van der Waals surface area contributed by atoms with E-state index in [2.05, 4.69) is 25.1 Å². The molecule has 2 nitrogen and oxygen atoms in total. The van der Waals surface area contributed by atoms with Gasteiger partial charge in [-0.05, 0) is 31.2 Å². The minimum atomic E-state index is 0.243. The molecule has 0 unspecified atom stereocenters. The van der Waals surface area contributed by atoms with Crippen molar-refractivity contribution in [1.29, 1.82) is 0 Å². The fourth-order valence-electron chi connectivity index (χ4n) is 3.38. The van der Waals surface area contributed by atoms with Crippen LogP contribution in [-0.2, 0) is 11.3 Å². The van der Waals surface area contributed by atoms with E-state index in [1.54, 1.807) is 0 Å². The molecular weight excluding hydrogens is 246 g/mol. The molecule has 0 spiro atoms. The summed E-state index contributed by atoms with van der Waals surface area (Å²) in [5.41, 5.74) is 2.26. The molecule has 3 rings (SSSR count). The number of amides is 1. The van der Waals surface area contributed by atoms with Gasteiger partial charge in [0.05, 0.1) is 6.04 Å². The van der Waals surface area contributed by atoms with Crippen LogP contribution in [0.15, 0.2) is 42.0 Å². The predicted octanol–water partition coefficient (Wildman–Crippen LogP) is 3.92. The van der Waals surface area contributed by atoms with Crippen LogP contribution in [-0.4, -0.2) is 16.8 Å². The molecule has 1 aliphatic heterocycles. The van der Waals surface area contributed by atoms with Gasteiger partial charge in [0.1, 0.15) is 0 Å². The van der Waals surface area contributed by atoms with Gasteiger partial charge in [-0.15, -0.1) is 0 Å². The van der Waals surface area contributed by atoms with E-state index in [4.69, 9.17) is 0 Å². The van der Waals surface area contributed by atoms with Gasteiger partial charge in [0.2, 0.25) is 0 Å². The minimum Gasteiger partial charge on any atom is -0.328 e. The normalized spacial score (nSPS) is 25.9. The summed E-state index contributed by atoms with van der Waals surface area (Å²) in [7, 11) is 0. The van der Waals surface area contributed by atoms with E-state index < -0.39 is 0 Å². The summed E-state index contributed by atoms with van der Waals surface area (Å²) >= 11 is 0. The Balaban J connectivity index is 1.64. The van der Waals surface area contributed by atoms with Crippen LogP contribution >= 0.6 is 0 Å². The Morgan fingerprint density at radius 1 is 1.15 bits per heavy atom. The summed E-state index contributed by atoms with van der Waals surface area (Å²) in [6.45, 7) is 2.89. The third kappa shape index (κ3) is 2.65.